The van der Waals surface area contributed by atoms with Crippen molar-refractivity contribution in [1.82, 2.24) is 9.80 Å². The number of hydrogen-bond donors (Lipinski definition) is 0. The fourth-order valence-corrected chi connectivity index (χ4v) is 2.84. The number of rotatable bonds is 5. The molecule has 0 radical (unpaired) electrons. The van der Waals surface area contributed by atoms with Crippen molar-refractivity contribution in [3.8, 4) is 0 Å². The molecular formula is C12H23Cl3N2O2. The van der Waals surface area contributed by atoms with Crippen LogP contribution in [0, 0.1) is 0 Å². The molecule has 0 saturated carbocycles. The predicted molar refractivity (Wildman–Crippen MR) is 81.0 cm³/mol. The van der Waals surface area contributed by atoms with Crippen LogP contribution in [0.15, 0.2) is 0 Å². The van der Waals surface area contributed by atoms with Crippen LogP contribution >= 0.6 is 35.6 Å². The molecule has 19 heavy (non-hydrogen) atoms. The van der Waals surface area contributed by atoms with E-state index in [-0.39, 0.29) is 23.2 Å². The minimum Gasteiger partial charge on any atom is -0.379 e. The van der Waals surface area contributed by atoms with Crippen molar-refractivity contribution in [3.63, 3.8) is 0 Å². The second-order valence-electron chi connectivity index (χ2n) is 4.86. The van der Waals surface area contributed by atoms with E-state index in [1.54, 1.807) is 0 Å². The number of halogens is 3. The molecular weight excluding hydrogens is 311 g/mol. The van der Waals surface area contributed by atoms with Gasteiger partial charge in [0.2, 0.25) is 0 Å². The molecule has 2 aliphatic heterocycles. The molecule has 0 aromatic heterocycles. The minimum atomic E-state index is -0.00684. The average molecular weight is 334 g/mol. The van der Waals surface area contributed by atoms with Crippen molar-refractivity contribution in [3.05, 3.63) is 0 Å². The van der Waals surface area contributed by atoms with Gasteiger partial charge in [0, 0.05) is 39.3 Å². The quantitative estimate of drug-likeness (QED) is 0.708. The summed E-state index contributed by atoms with van der Waals surface area (Å²) in [7, 11) is 0. The summed E-state index contributed by atoms with van der Waals surface area (Å²) in [5.41, 5.74) is 0. The van der Waals surface area contributed by atoms with Gasteiger partial charge in [-0.3, -0.25) is 9.80 Å². The van der Waals surface area contributed by atoms with Gasteiger partial charge in [-0.1, -0.05) is 0 Å². The normalized spacial score (nSPS) is 25.6. The van der Waals surface area contributed by atoms with Crippen LogP contribution in [0.3, 0.4) is 0 Å². The molecule has 2 atom stereocenters. The summed E-state index contributed by atoms with van der Waals surface area (Å²) in [6.45, 7) is 8.77. The highest BCUT2D eigenvalue weighted by molar-refractivity contribution is 6.30. The number of ether oxygens (including phenoxy) is 2. The van der Waals surface area contributed by atoms with Gasteiger partial charge in [0.25, 0.3) is 0 Å². The topological polar surface area (TPSA) is 24.9 Å². The van der Waals surface area contributed by atoms with Crippen molar-refractivity contribution in [1.29, 1.82) is 0 Å². The van der Waals surface area contributed by atoms with E-state index in [4.69, 9.17) is 32.7 Å². The molecule has 7 heteroatoms. The molecule has 0 N–H and O–H groups in total. The lowest BCUT2D eigenvalue weighted by molar-refractivity contribution is 0.0317. The maximum atomic E-state index is 6.41. The van der Waals surface area contributed by atoms with E-state index >= 15 is 0 Å². The number of hydrogen-bond acceptors (Lipinski definition) is 4. The molecule has 0 aliphatic carbocycles. The van der Waals surface area contributed by atoms with Crippen molar-refractivity contribution >= 4 is 35.6 Å². The van der Waals surface area contributed by atoms with Crippen molar-refractivity contribution in [2.75, 3.05) is 65.7 Å². The molecule has 2 saturated heterocycles. The first-order chi connectivity index (χ1) is 8.75. The third-order valence-corrected chi connectivity index (χ3v) is 4.48. The zero-order chi connectivity index (χ0) is 12.8. The van der Waals surface area contributed by atoms with Crippen LogP contribution in [0.1, 0.15) is 0 Å². The van der Waals surface area contributed by atoms with Gasteiger partial charge in [-0.2, -0.15) is 0 Å². The van der Waals surface area contributed by atoms with E-state index in [2.05, 4.69) is 9.80 Å². The van der Waals surface area contributed by atoms with E-state index < -0.39 is 0 Å². The molecule has 0 amide bonds. The molecule has 2 unspecified atom stereocenters. The predicted octanol–water partition coefficient (Wildman–Crippen LogP) is 1.29. The Labute approximate surface area is 131 Å². The van der Waals surface area contributed by atoms with Gasteiger partial charge in [0.1, 0.15) is 0 Å². The summed E-state index contributed by atoms with van der Waals surface area (Å²) in [5, 5.41) is -0.0137. The Balaban J connectivity index is 0.00000180. The first-order valence-corrected chi connectivity index (χ1v) is 7.51. The van der Waals surface area contributed by atoms with E-state index in [1.165, 1.54) is 0 Å². The SMILES string of the molecule is Cl.ClC(CN1CCOCC1)C(Cl)CN1CCOCC1. The first-order valence-electron chi connectivity index (χ1n) is 6.64. The molecule has 2 aliphatic rings. The molecule has 0 aromatic rings. The third kappa shape index (κ3) is 6.34. The fourth-order valence-electron chi connectivity index (χ4n) is 2.29. The summed E-state index contributed by atoms with van der Waals surface area (Å²) in [4.78, 5) is 4.66. The summed E-state index contributed by atoms with van der Waals surface area (Å²) in [5.74, 6) is 0. The maximum absolute atomic E-state index is 6.41. The molecule has 0 spiro atoms. The average Bonchev–Trinajstić information content (AvgIpc) is 2.41. The van der Waals surface area contributed by atoms with Crippen LogP contribution in [-0.4, -0.2) is 86.3 Å². The van der Waals surface area contributed by atoms with Crippen LogP contribution in [0.25, 0.3) is 0 Å². The largest absolute Gasteiger partial charge is 0.379 e. The van der Waals surface area contributed by atoms with E-state index in [0.717, 1.165) is 65.7 Å². The van der Waals surface area contributed by atoms with Crippen LogP contribution in [0.4, 0.5) is 0 Å². The van der Waals surface area contributed by atoms with Gasteiger partial charge in [0.05, 0.1) is 37.2 Å². The second-order valence-corrected chi connectivity index (χ2v) is 5.98. The zero-order valence-corrected chi connectivity index (χ0v) is 13.4. The Morgan fingerprint density at radius 3 is 1.37 bits per heavy atom. The van der Waals surface area contributed by atoms with Gasteiger partial charge in [0.15, 0.2) is 0 Å². The molecule has 2 heterocycles. The lowest BCUT2D eigenvalue weighted by Crippen LogP contribution is -2.46. The lowest BCUT2D eigenvalue weighted by atomic mass is 10.2. The standard InChI is InChI=1S/C12H22Cl2N2O2.ClH/c13-11(9-15-1-5-17-6-2-15)12(14)10-16-3-7-18-8-4-16;/h11-12H,1-10H2;1H. The Hall–Kier alpha value is 0.710. The summed E-state index contributed by atoms with van der Waals surface area (Å²) in [6.07, 6.45) is 0. The van der Waals surface area contributed by atoms with Gasteiger partial charge in [-0.15, -0.1) is 35.6 Å². The van der Waals surface area contributed by atoms with E-state index in [1.807, 2.05) is 0 Å². The Morgan fingerprint density at radius 1 is 0.737 bits per heavy atom. The van der Waals surface area contributed by atoms with Gasteiger partial charge >= 0.3 is 0 Å². The number of nitrogens with zero attached hydrogens (tertiary/aromatic N) is 2. The molecule has 114 valence electrons. The third-order valence-electron chi connectivity index (χ3n) is 3.47. The van der Waals surface area contributed by atoms with E-state index in [0.29, 0.717) is 0 Å². The number of alkyl halides is 2. The Bertz CT molecular complexity index is 213. The summed E-state index contributed by atoms with van der Waals surface area (Å²) >= 11 is 12.8. The highest BCUT2D eigenvalue weighted by Gasteiger charge is 2.24. The molecule has 0 bridgehead atoms. The zero-order valence-electron chi connectivity index (χ0n) is 11.1. The fraction of sp³-hybridized carbons (Fsp3) is 1.00. The first kappa shape index (κ1) is 17.8. The smallest absolute Gasteiger partial charge is 0.0639 e. The molecule has 0 aromatic carbocycles. The maximum Gasteiger partial charge on any atom is 0.0639 e. The van der Waals surface area contributed by atoms with Gasteiger partial charge < -0.3 is 9.47 Å². The lowest BCUT2D eigenvalue weighted by Gasteiger charge is -2.32. The highest BCUT2D eigenvalue weighted by Crippen LogP contribution is 2.15. The minimum absolute atomic E-state index is 0. The van der Waals surface area contributed by atoms with Crippen LogP contribution in [0.5, 0.6) is 0 Å². The van der Waals surface area contributed by atoms with Crippen molar-refractivity contribution in [2.24, 2.45) is 0 Å². The summed E-state index contributed by atoms with van der Waals surface area (Å²) < 4.78 is 10.6. The van der Waals surface area contributed by atoms with Gasteiger partial charge in [-0.05, 0) is 0 Å². The second kappa shape index (κ2) is 9.61. The Morgan fingerprint density at radius 2 is 1.05 bits per heavy atom. The number of morpholine rings is 2. The van der Waals surface area contributed by atoms with Crippen molar-refractivity contribution < 1.29 is 9.47 Å². The molecule has 4 nitrogen and oxygen atoms in total. The van der Waals surface area contributed by atoms with Crippen LogP contribution in [0.2, 0.25) is 0 Å². The van der Waals surface area contributed by atoms with Gasteiger partial charge in [-0.25, -0.2) is 0 Å². The van der Waals surface area contributed by atoms with E-state index in [9.17, 15) is 0 Å². The molecule has 2 rings (SSSR count). The summed E-state index contributed by atoms with van der Waals surface area (Å²) in [6, 6.07) is 0. The molecule has 2 fully saturated rings. The highest BCUT2D eigenvalue weighted by atomic mass is 35.5. The van der Waals surface area contributed by atoms with Crippen LogP contribution < -0.4 is 0 Å². The Kier molecular flexibility index (Phi) is 8.98. The van der Waals surface area contributed by atoms with Crippen LogP contribution in [-0.2, 0) is 9.47 Å². The monoisotopic (exact) mass is 332 g/mol. The van der Waals surface area contributed by atoms with Crippen molar-refractivity contribution in [2.45, 2.75) is 10.8 Å².